The predicted octanol–water partition coefficient (Wildman–Crippen LogP) is 5.15. The molecule has 1 unspecified atom stereocenters. The van der Waals surface area contributed by atoms with Crippen molar-refractivity contribution in [1.29, 1.82) is 0 Å². The number of amides is 1. The molecule has 17 heteroatoms. The monoisotopic (exact) mass is 962 g/mol. The molecule has 0 aliphatic carbocycles. The first kappa shape index (κ1) is 48.6. The van der Waals surface area contributed by atoms with E-state index in [0.29, 0.717) is 41.5 Å². The maximum Gasteiger partial charge on any atom is 0.317 e. The van der Waals surface area contributed by atoms with Gasteiger partial charge in [0.05, 0.1) is 41.5 Å². The normalized spacial score (nSPS) is 37.1. The number of ether oxygens (including phenoxy) is 4. The number of pyridine rings is 2. The van der Waals surface area contributed by atoms with Crippen LogP contribution in [0.5, 0.6) is 0 Å². The second-order valence-electron chi connectivity index (χ2n) is 17.6. The lowest BCUT2D eigenvalue weighted by molar-refractivity contribution is -0.296. The molecule has 0 aromatic carbocycles. The fourth-order valence-corrected chi connectivity index (χ4v) is 9.69. The molecule has 5 heterocycles. The number of esters is 1. The van der Waals surface area contributed by atoms with Crippen LogP contribution >= 0.6 is 22.6 Å². The SMILES string of the molecule is CC(=O)/N=C1/C(C)[C@H]2CC/C(=N\OCc3ccc(-c4cccc(N)n4)nc3)CO[C@](C)(C[C@H]1C)[C@H](O[C@@H]1O[C@H](C)C[C@H](N(C)C)[C@H]1O)[C@@H](C)C(=O)[C@@H](C)C(=O)O[C@H](I)[C@@]2(C)O. The number of carbonyl (C=O) groups excluding carboxylic acids is 3. The number of ketones is 1. The van der Waals surface area contributed by atoms with Crippen molar-refractivity contribution >= 4 is 57.5 Å². The Morgan fingerprint density at radius 2 is 1.80 bits per heavy atom. The van der Waals surface area contributed by atoms with Crippen molar-refractivity contribution in [2.24, 2.45) is 39.7 Å². The number of carbonyl (C=O) groups is 3. The average Bonchev–Trinajstić information content (AvgIpc) is 3.21. The van der Waals surface area contributed by atoms with Gasteiger partial charge in [-0.1, -0.05) is 38.1 Å². The number of fused-ring (bicyclic) bond motifs is 5. The third-order valence-corrected chi connectivity index (χ3v) is 14.0. The summed E-state index contributed by atoms with van der Waals surface area (Å²) in [5.41, 5.74) is 5.88. The quantitative estimate of drug-likeness (QED) is 0.108. The molecule has 0 radical (unpaired) electrons. The highest BCUT2D eigenvalue weighted by atomic mass is 127. The van der Waals surface area contributed by atoms with E-state index in [1.807, 2.05) is 93.5 Å². The molecule has 3 fully saturated rings. The maximum absolute atomic E-state index is 14.5. The first-order valence-corrected chi connectivity index (χ1v) is 22.2. The van der Waals surface area contributed by atoms with Gasteiger partial charge in [-0.2, -0.15) is 0 Å². The summed E-state index contributed by atoms with van der Waals surface area (Å²) in [5, 5.41) is 28.6. The zero-order chi connectivity index (χ0) is 45.0. The molecule has 2 aromatic rings. The Kier molecular flexibility index (Phi) is 16.2. The van der Waals surface area contributed by atoms with Crippen LogP contribution in [0.1, 0.15) is 86.6 Å². The van der Waals surface area contributed by atoms with E-state index in [2.05, 4.69) is 20.1 Å². The van der Waals surface area contributed by atoms with E-state index in [9.17, 15) is 24.6 Å². The first-order chi connectivity index (χ1) is 28.6. The summed E-state index contributed by atoms with van der Waals surface area (Å²) < 4.78 is 24.8. The Morgan fingerprint density at radius 1 is 1.08 bits per heavy atom. The van der Waals surface area contributed by atoms with Crippen molar-refractivity contribution in [3.63, 3.8) is 0 Å². The van der Waals surface area contributed by atoms with Crippen molar-refractivity contribution in [2.75, 3.05) is 26.4 Å². The van der Waals surface area contributed by atoms with Gasteiger partial charge in [0.25, 0.3) is 0 Å². The van der Waals surface area contributed by atoms with E-state index in [-0.39, 0.29) is 38.2 Å². The van der Waals surface area contributed by atoms with Crippen LogP contribution in [0.4, 0.5) is 5.82 Å². The highest BCUT2D eigenvalue weighted by Gasteiger charge is 2.52. The summed E-state index contributed by atoms with van der Waals surface area (Å²) in [5.74, 6) is -5.18. The number of nitrogens with zero attached hydrogens (tertiary/aromatic N) is 5. The fourth-order valence-electron chi connectivity index (χ4n) is 8.98. The van der Waals surface area contributed by atoms with E-state index < -0.39 is 81.1 Å². The van der Waals surface area contributed by atoms with Gasteiger partial charge >= 0.3 is 5.97 Å². The van der Waals surface area contributed by atoms with Gasteiger partial charge in [-0.25, -0.2) is 9.98 Å². The highest BCUT2D eigenvalue weighted by molar-refractivity contribution is 14.1. The number of alkyl halides is 1. The van der Waals surface area contributed by atoms with Crippen LogP contribution in [0.25, 0.3) is 11.4 Å². The molecule has 1 amide bonds. The van der Waals surface area contributed by atoms with Gasteiger partial charge in [0.1, 0.15) is 30.0 Å². The minimum Gasteiger partial charge on any atom is -0.448 e. The molecule has 4 N–H and O–H groups in total. The zero-order valence-electron chi connectivity index (χ0n) is 36.9. The van der Waals surface area contributed by atoms with Crippen molar-refractivity contribution < 1.29 is 48.4 Å². The second kappa shape index (κ2) is 20.4. The Morgan fingerprint density at radius 3 is 2.44 bits per heavy atom. The molecule has 3 aliphatic heterocycles. The molecule has 2 aromatic heterocycles. The molecule has 3 aliphatic rings. The van der Waals surface area contributed by atoms with Crippen molar-refractivity contribution in [1.82, 2.24) is 14.9 Å². The highest BCUT2D eigenvalue weighted by Crippen LogP contribution is 2.43. The molecular formula is C44H63IN6O10. The van der Waals surface area contributed by atoms with E-state index >= 15 is 0 Å². The van der Waals surface area contributed by atoms with Crippen LogP contribution in [0.2, 0.25) is 0 Å². The molecular weight excluding hydrogens is 899 g/mol. The Balaban J connectivity index is 1.60. The number of aliphatic imine (C=N–C) groups is 1. The molecule has 13 atom stereocenters. The van der Waals surface area contributed by atoms with Crippen LogP contribution in [0.15, 0.2) is 46.7 Å². The van der Waals surface area contributed by atoms with Gasteiger partial charge in [0, 0.05) is 42.3 Å². The van der Waals surface area contributed by atoms with Crippen LogP contribution in [-0.2, 0) is 44.8 Å². The number of aromatic nitrogens is 2. The Hall–Kier alpha value is -3.46. The molecule has 61 heavy (non-hydrogen) atoms. The smallest absolute Gasteiger partial charge is 0.317 e. The molecule has 5 rings (SSSR count). The number of Topliss-reactive ketones (excluding diaryl/α,β-unsaturated/α-hetero) is 1. The number of aliphatic hydroxyl groups excluding tert-OH is 1. The Labute approximate surface area is 372 Å². The second-order valence-corrected chi connectivity index (χ2v) is 18.8. The third-order valence-electron chi connectivity index (χ3n) is 12.4. The van der Waals surface area contributed by atoms with E-state index in [4.69, 9.17) is 29.5 Å². The van der Waals surface area contributed by atoms with E-state index in [0.717, 1.165) is 5.56 Å². The van der Waals surface area contributed by atoms with Gasteiger partial charge in [0.15, 0.2) is 16.2 Å². The number of aliphatic hydroxyl groups is 2. The number of nitrogens with two attached hydrogens (primary N) is 1. The topological polar surface area (TPSA) is 218 Å². The van der Waals surface area contributed by atoms with Gasteiger partial charge in [-0.15, -0.1) is 0 Å². The molecule has 0 spiro atoms. The number of cyclic esters (lactones) is 1. The van der Waals surface area contributed by atoms with E-state index in [1.54, 1.807) is 26.1 Å². The lowest BCUT2D eigenvalue weighted by Crippen LogP contribution is -2.59. The fraction of sp³-hybridized carbons (Fsp3) is 0.659. The molecule has 3 saturated heterocycles. The number of oxime groups is 1. The molecule has 2 bridgehead atoms. The number of halogens is 1. The number of likely N-dealkylation sites (N-methyl/N-ethyl adjacent to an activating group) is 1. The molecule has 336 valence electrons. The molecule has 0 saturated carbocycles. The minimum atomic E-state index is -1.67. The summed E-state index contributed by atoms with van der Waals surface area (Å²) in [6.45, 7) is 13.7. The molecule has 16 nitrogen and oxygen atoms in total. The van der Waals surface area contributed by atoms with Crippen LogP contribution in [0.3, 0.4) is 0 Å². The van der Waals surface area contributed by atoms with Crippen molar-refractivity contribution in [2.45, 2.75) is 134 Å². The van der Waals surface area contributed by atoms with E-state index in [1.165, 1.54) is 13.8 Å². The third kappa shape index (κ3) is 11.6. The standard InChI is InChI=1S/C44H63IN6O10/c1-23-19-43(7)39(60-41-38(54)34(51(9)10)18-24(2)59-41)26(4)37(53)27(5)40(55)61-42(45)44(8,56)31(25(3)36(23)48-28(6)52)16-15-30(22-57-43)50-58-21-29-14-17-32(47-20-29)33-12-11-13-35(46)49-33/h11-14,17,20,23-27,31,34,38-39,41-42,54,56H,15-16,18-19,21-22H2,1-10H3,(H2,46,49)/b48-36+,50-30+/t23-,24-,25?,26+,27-,31-,34+,38-,39-,41+,42+,43-,44+/m1/s1. The van der Waals surface area contributed by atoms with Gasteiger partial charge in [-0.3, -0.25) is 19.4 Å². The number of nitrogen functional groups attached to an aromatic ring is 1. The lowest BCUT2D eigenvalue weighted by Gasteiger charge is -2.47. The Bertz CT molecular complexity index is 1930. The first-order valence-electron chi connectivity index (χ1n) is 21.0. The maximum atomic E-state index is 14.5. The predicted molar refractivity (Wildman–Crippen MR) is 237 cm³/mol. The number of hydrogen-bond donors (Lipinski definition) is 3. The van der Waals surface area contributed by atoms with Crippen LogP contribution in [-0.4, -0.2) is 121 Å². The average molecular weight is 963 g/mol. The minimum absolute atomic E-state index is 0.0749. The van der Waals surface area contributed by atoms with Gasteiger partial charge < -0.3 is 44.6 Å². The number of rotatable bonds is 7. The summed E-state index contributed by atoms with van der Waals surface area (Å²) >= 11 is 1.90. The van der Waals surface area contributed by atoms with Gasteiger partial charge in [0.2, 0.25) is 5.91 Å². The summed E-state index contributed by atoms with van der Waals surface area (Å²) in [4.78, 5) is 62.4. The zero-order valence-corrected chi connectivity index (χ0v) is 39.1. The van der Waals surface area contributed by atoms with Gasteiger partial charge in [-0.05, 0) is 120 Å². The van der Waals surface area contributed by atoms with Crippen molar-refractivity contribution in [3.8, 4) is 11.4 Å². The largest absolute Gasteiger partial charge is 0.448 e. The van der Waals surface area contributed by atoms with Crippen molar-refractivity contribution in [3.05, 3.63) is 42.1 Å². The summed E-state index contributed by atoms with van der Waals surface area (Å²) in [7, 11) is 3.74. The number of hydrogen-bond acceptors (Lipinski definition) is 15. The summed E-state index contributed by atoms with van der Waals surface area (Å²) in [6, 6.07) is 8.70. The van der Waals surface area contributed by atoms with Crippen LogP contribution in [0, 0.1) is 29.6 Å². The van der Waals surface area contributed by atoms with Crippen LogP contribution < -0.4 is 5.73 Å². The summed E-state index contributed by atoms with van der Waals surface area (Å²) in [6.07, 6.45) is -0.705. The number of anilines is 1. The lowest BCUT2D eigenvalue weighted by atomic mass is 9.70.